The fourth-order valence-corrected chi connectivity index (χ4v) is 2.99. The summed E-state index contributed by atoms with van der Waals surface area (Å²) in [6.07, 6.45) is 0.146. The first-order valence-electron chi connectivity index (χ1n) is 6.04. The number of aliphatic hydroxyl groups is 1. The van der Waals surface area contributed by atoms with Gasteiger partial charge in [-0.15, -0.1) is 0 Å². The third-order valence-electron chi connectivity index (χ3n) is 3.29. The van der Waals surface area contributed by atoms with Crippen LogP contribution in [0.3, 0.4) is 0 Å². The highest BCUT2D eigenvalue weighted by Gasteiger charge is 2.23. The van der Waals surface area contributed by atoms with Crippen LogP contribution >= 0.6 is 27.5 Å². The van der Waals surface area contributed by atoms with Crippen LogP contribution in [0.15, 0.2) is 40.9 Å². The smallest absolute Gasteiger partial charge is 0.128 e. The van der Waals surface area contributed by atoms with Crippen LogP contribution in [-0.2, 0) is 6.42 Å². The van der Waals surface area contributed by atoms with Crippen molar-refractivity contribution in [1.82, 2.24) is 0 Å². The summed E-state index contributed by atoms with van der Waals surface area (Å²) < 4.78 is 6.47. The van der Waals surface area contributed by atoms with Crippen LogP contribution in [0.4, 0.5) is 0 Å². The molecule has 1 aliphatic rings. The molecule has 1 unspecified atom stereocenters. The second-order valence-corrected chi connectivity index (χ2v) is 5.79. The van der Waals surface area contributed by atoms with Gasteiger partial charge in [-0.3, -0.25) is 0 Å². The highest BCUT2D eigenvalue weighted by Crippen LogP contribution is 2.38. The average molecular weight is 340 g/mol. The molecule has 2 nitrogen and oxygen atoms in total. The van der Waals surface area contributed by atoms with E-state index >= 15 is 0 Å². The topological polar surface area (TPSA) is 29.5 Å². The number of hydrogen-bond donors (Lipinski definition) is 1. The van der Waals surface area contributed by atoms with Gasteiger partial charge >= 0.3 is 0 Å². The van der Waals surface area contributed by atoms with Crippen LogP contribution in [0.25, 0.3) is 0 Å². The molecule has 1 aliphatic heterocycles. The molecule has 0 radical (unpaired) electrons. The molecule has 19 heavy (non-hydrogen) atoms. The number of ether oxygens (including phenoxy) is 1. The van der Waals surface area contributed by atoms with E-state index in [1.165, 1.54) is 0 Å². The molecule has 0 saturated carbocycles. The number of hydrogen-bond acceptors (Lipinski definition) is 2. The molecule has 0 fully saturated rings. The van der Waals surface area contributed by atoms with Crippen molar-refractivity contribution in [2.75, 3.05) is 6.61 Å². The molecule has 2 aromatic carbocycles. The van der Waals surface area contributed by atoms with Gasteiger partial charge in [-0.05, 0) is 23.8 Å². The van der Waals surface area contributed by atoms with Gasteiger partial charge < -0.3 is 9.84 Å². The van der Waals surface area contributed by atoms with Crippen LogP contribution in [0.1, 0.15) is 22.8 Å². The van der Waals surface area contributed by atoms with E-state index in [0.29, 0.717) is 11.6 Å². The Morgan fingerprint density at radius 2 is 2.05 bits per heavy atom. The van der Waals surface area contributed by atoms with Crippen molar-refractivity contribution in [2.24, 2.45) is 0 Å². The van der Waals surface area contributed by atoms with Crippen LogP contribution in [0.5, 0.6) is 5.75 Å². The molecule has 0 spiro atoms. The van der Waals surface area contributed by atoms with Gasteiger partial charge in [0.25, 0.3) is 0 Å². The Morgan fingerprint density at radius 1 is 1.21 bits per heavy atom. The maximum Gasteiger partial charge on any atom is 0.128 e. The number of fused-ring (bicyclic) bond motifs is 1. The van der Waals surface area contributed by atoms with Crippen LogP contribution in [-0.4, -0.2) is 11.7 Å². The summed E-state index contributed by atoms with van der Waals surface area (Å²) >= 11 is 9.45. The molecule has 0 saturated heterocycles. The average Bonchev–Trinajstić information content (AvgIpc) is 2.89. The fraction of sp³-hybridized carbons (Fsp3) is 0.200. The number of rotatable bonds is 2. The predicted octanol–water partition coefficient (Wildman–Crippen LogP) is 4.12. The minimum Gasteiger partial charge on any atom is -0.493 e. The lowest BCUT2D eigenvalue weighted by atomic mass is 9.98. The zero-order valence-electron chi connectivity index (χ0n) is 10.1. The molecule has 1 heterocycles. The molecule has 2 aromatic rings. The minimum absolute atomic E-state index is 0.603. The summed E-state index contributed by atoms with van der Waals surface area (Å²) in [6, 6.07) is 11.3. The quantitative estimate of drug-likeness (QED) is 0.892. The molecule has 0 amide bonds. The maximum atomic E-state index is 10.6. The van der Waals surface area contributed by atoms with Crippen molar-refractivity contribution in [3.05, 3.63) is 62.6 Å². The Balaban J connectivity index is 2.07. The lowest BCUT2D eigenvalue weighted by Gasteiger charge is -2.16. The lowest BCUT2D eigenvalue weighted by molar-refractivity contribution is 0.213. The SMILES string of the molecule is OC(c1cc(Cl)ccc1Br)c1cccc2c1OCC2. The van der Waals surface area contributed by atoms with Crippen LogP contribution in [0, 0.1) is 0 Å². The third-order valence-corrected chi connectivity index (χ3v) is 4.25. The van der Waals surface area contributed by atoms with Gasteiger partial charge in [0.2, 0.25) is 0 Å². The Hall–Kier alpha value is -1.03. The normalized spacial score (nSPS) is 14.9. The van der Waals surface area contributed by atoms with Crippen molar-refractivity contribution in [3.63, 3.8) is 0 Å². The second-order valence-electron chi connectivity index (χ2n) is 4.50. The minimum atomic E-state index is -0.749. The number of benzene rings is 2. The maximum absolute atomic E-state index is 10.6. The first kappa shape index (κ1) is 13.0. The van der Waals surface area contributed by atoms with Gasteiger partial charge in [0, 0.05) is 27.0 Å². The standard InChI is InChI=1S/C15H12BrClO2/c16-13-5-4-10(17)8-12(13)14(18)11-3-1-2-9-6-7-19-15(9)11/h1-5,8,14,18H,6-7H2. The first-order valence-corrected chi connectivity index (χ1v) is 7.21. The molecule has 0 aromatic heterocycles. The predicted molar refractivity (Wildman–Crippen MR) is 78.9 cm³/mol. The van der Waals surface area contributed by atoms with E-state index in [9.17, 15) is 5.11 Å². The number of halogens is 2. The van der Waals surface area contributed by atoms with E-state index in [2.05, 4.69) is 15.9 Å². The molecular formula is C15H12BrClO2. The number of para-hydroxylation sites is 1. The Labute approximate surface area is 125 Å². The molecule has 0 bridgehead atoms. The van der Waals surface area contributed by atoms with Gasteiger partial charge in [-0.1, -0.05) is 45.7 Å². The van der Waals surface area contributed by atoms with Crippen molar-refractivity contribution in [1.29, 1.82) is 0 Å². The van der Waals surface area contributed by atoms with Crippen molar-refractivity contribution < 1.29 is 9.84 Å². The largest absolute Gasteiger partial charge is 0.493 e. The molecule has 98 valence electrons. The van der Waals surface area contributed by atoms with Gasteiger partial charge in [-0.2, -0.15) is 0 Å². The van der Waals surface area contributed by atoms with Gasteiger partial charge in [0.05, 0.1) is 6.61 Å². The Bertz CT molecular complexity index is 628. The Kier molecular flexibility index (Phi) is 3.52. The first-order chi connectivity index (χ1) is 9.16. The van der Waals surface area contributed by atoms with E-state index in [0.717, 1.165) is 33.3 Å². The third kappa shape index (κ3) is 2.38. The highest BCUT2D eigenvalue weighted by molar-refractivity contribution is 9.10. The van der Waals surface area contributed by atoms with Gasteiger partial charge in [0.15, 0.2) is 0 Å². The molecule has 3 rings (SSSR count). The molecule has 1 atom stereocenters. The summed E-state index contributed by atoms with van der Waals surface area (Å²) in [7, 11) is 0. The van der Waals surface area contributed by atoms with Crippen molar-refractivity contribution in [3.8, 4) is 5.75 Å². The summed E-state index contributed by atoms with van der Waals surface area (Å²) in [6.45, 7) is 0.676. The van der Waals surface area contributed by atoms with Crippen molar-refractivity contribution >= 4 is 27.5 Å². The van der Waals surface area contributed by atoms with E-state index in [4.69, 9.17) is 16.3 Å². The number of aliphatic hydroxyl groups excluding tert-OH is 1. The van der Waals surface area contributed by atoms with E-state index in [-0.39, 0.29) is 0 Å². The summed E-state index contributed by atoms with van der Waals surface area (Å²) in [5.41, 5.74) is 2.68. The zero-order valence-corrected chi connectivity index (χ0v) is 12.4. The summed E-state index contributed by atoms with van der Waals surface area (Å²) in [5, 5.41) is 11.2. The lowest BCUT2D eigenvalue weighted by Crippen LogP contribution is -2.03. The monoisotopic (exact) mass is 338 g/mol. The molecule has 1 N–H and O–H groups in total. The van der Waals surface area contributed by atoms with Crippen LogP contribution < -0.4 is 4.74 Å². The van der Waals surface area contributed by atoms with Gasteiger partial charge in [-0.25, -0.2) is 0 Å². The Morgan fingerprint density at radius 3 is 2.89 bits per heavy atom. The highest BCUT2D eigenvalue weighted by atomic mass is 79.9. The summed E-state index contributed by atoms with van der Waals surface area (Å²) in [5.74, 6) is 0.807. The second kappa shape index (κ2) is 5.16. The molecule has 4 heteroatoms. The van der Waals surface area contributed by atoms with E-state index in [1.807, 2.05) is 24.3 Å². The van der Waals surface area contributed by atoms with E-state index < -0.39 is 6.10 Å². The molecule has 0 aliphatic carbocycles. The van der Waals surface area contributed by atoms with Crippen molar-refractivity contribution in [2.45, 2.75) is 12.5 Å². The zero-order chi connectivity index (χ0) is 13.4. The van der Waals surface area contributed by atoms with Crippen LogP contribution in [0.2, 0.25) is 5.02 Å². The summed E-state index contributed by atoms with van der Waals surface area (Å²) in [4.78, 5) is 0. The van der Waals surface area contributed by atoms with E-state index in [1.54, 1.807) is 12.1 Å². The van der Waals surface area contributed by atoms with Gasteiger partial charge in [0.1, 0.15) is 11.9 Å². The molecular weight excluding hydrogens is 328 g/mol. The fourth-order valence-electron chi connectivity index (χ4n) is 2.35.